The van der Waals surface area contributed by atoms with Crippen molar-refractivity contribution < 1.29 is 9.53 Å². The molecule has 0 unspecified atom stereocenters. The van der Waals surface area contributed by atoms with Crippen LogP contribution in [0, 0.1) is 0 Å². The maximum Gasteiger partial charge on any atom is 0.317 e. The number of nitrogens with zero attached hydrogens (tertiary/aromatic N) is 1. The quantitative estimate of drug-likeness (QED) is 0.868. The van der Waals surface area contributed by atoms with E-state index in [4.69, 9.17) is 4.74 Å². The Morgan fingerprint density at radius 1 is 1.40 bits per heavy atom. The predicted molar refractivity (Wildman–Crippen MR) is 83.1 cm³/mol. The lowest BCUT2D eigenvalue weighted by Crippen LogP contribution is -2.42. The minimum atomic E-state index is 0.0244. The van der Waals surface area contributed by atoms with Crippen LogP contribution in [0.4, 0.5) is 4.79 Å². The number of carbonyl (C=O) groups excluding carboxylic acids is 1. The minimum absolute atomic E-state index is 0.0244. The van der Waals surface area contributed by atoms with Gasteiger partial charge in [-0.3, -0.25) is 0 Å². The molecule has 1 aromatic rings. The number of hydrogen-bond acceptors (Lipinski definition) is 3. The second kappa shape index (κ2) is 8.17. The van der Waals surface area contributed by atoms with Crippen molar-refractivity contribution in [3.63, 3.8) is 0 Å². The van der Waals surface area contributed by atoms with E-state index in [-0.39, 0.29) is 6.03 Å². The molecule has 1 atom stereocenters. The van der Waals surface area contributed by atoms with E-state index >= 15 is 0 Å². The summed E-state index contributed by atoms with van der Waals surface area (Å²) in [7, 11) is 1.64. The lowest BCUT2D eigenvalue weighted by molar-refractivity contribution is 0.181. The number of nitrogens with one attached hydrogen (secondary N) is 1. The van der Waals surface area contributed by atoms with Crippen LogP contribution in [0.2, 0.25) is 0 Å². The molecule has 20 heavy (non-hydrogen) atoms. The molecule has 110 valence electrons. The molecule has 0 radical (unpaired) electrons. The first-order valence-corrected chi connectivity index (χ1v) is 8.04. The average Bonchev–Trinajstić information content (AvgIpc) is 2.74. The molecule has 0 spiro atoms. The largest absolute Gasteiger partial charge is 0.383 e. The van der Waals surface area contributed by atoms with Crippen LogP contribution in [-0.4, -0.2) is 50.0 Å². The van der Waals surface area contributed by atoms with Crippen LogP contribution in [-0.2, 0) is 4.74 Å². The Morgan fingerprint density at radius 3 is 2.95 bits per heavy atom. The molecular formula is C15H22N2O2S. The maximum absolute atomic E-state index is 12.0. The maximum atomic E-state index is 12.0. The number of carbonyl (C=O) groups is 1. The van der Waals surface area contributed by atoms with Crippen molar-refractivity contribution in [2.45, 2.75) is 11.7 Å². The SMILES string of the molecule is COCCNC(=O)N1CCS[C@@H](c2ccccc2)CC1. The topological polar surface area (TPSA) is 41.6 Å². The van der Waals surface area contributed by atoms with Crippen molar-refractivity contribution in [1.82, 2.24) is 10.2 Å². The summed E-state index contributed by atoms with van der Waals surface area (Å²) in [6, 6.07) is 10.6. The number of rotatable bonds is 4. The van der Waals surface area contributed by atoms with E-state index in [0.29, 0.717) is 18.4 Å². The molecule has 1 aliphatic rings. The summed E-state index contributed by atoms with van der Waals surface area (Å²) in [5.74, 6) is 0.983. The van der Waals surface area contributed by atoms with Crippen LogP contribution in [0.3, 0.4) is 0 Å². The van der Waals surface area contributed by atoms with Crippen LogP contribution >= 0.6 is 11.8 Å². The lowest BCUT2D eigenvalue weighted by Gasteiger charge is -2.20. The van der Waals surface area contributed by atoms with Crippen LogP contribution in [0.1, 0.15) is 17.2 Å². The number of ether oxygens (including phenoxy) is 1. The van der Waals surface area contributed by atoms with Crippen LogP contribution in [0.5, 0.6) is 0 Å². The zero-order chi connectivity index (χ0) is 14.2. The van der Waals surface area contributed by atoms with Gasteiger partial charge in [0.15, 0.2) is 0 Å². The van der Waals surface area contributed by atoms with Gasteiger partial charge in [-0.2, -0.15) is 11.8 Å². The predicted octanol–water partition coefficient (Wildman–Crippen LogP) is 2.52. The fraction of sp³-hybridized carbons (Fsp3) is 0.533. The van der Waals surface area contributed by atoms with E-state index in [1.165, 1.54) is 5.56 Å². The van der Waals surface area contributed by atoms with Crippen molar-refractivity contribution in [3.05, 3.63) is 35.9 Å². The van der Waals surface area contributed by atoms with Crippen molar-refractivity contribution in [3.8, 4) is 0 Å². The molecule has 1 saturated heterocycles. The number of thioether (sulfide) groups is 1. The summed E-state index contributed by atoms with van der Waals surface area (Å²) >= 11 is 1.94. The van der Waals surface area contributed by atoms with Crippen molar-refractivity contribution >= 4 is 17.8 Å². The van der Waals surface area contributed by atoms with E-state index in [1.54, 1.807) is 7.11 Å². The van der Waals surface area contributed by atoms with Gasteiger partial charge in [0, 0.05) is 37.7 Å². The second-order valence-electron chi connectivity index (χ2n) is 4.77. The van der Waals surface area contributed by atoms with Crippen LogP contribution in [0.15, 0.2) is 30.3 Å². The molecule has 1 N–H and O–H groups in total. The molecule has 2 amide bonds. The van der Waals surface area contributed by atoms with Gasteiger partial charge in [-0.1, -0.05) is 30.3 Å². The normalized spacial score (nSPS) is 19.4. The van der Waals surface area contributed by atoms with Gasteiger partial charge in [0.05, 0.1) is 6.61 Å². The molecule has 2 rings (SSSR count). The number of urea groups is 1. The fourth-order valence-electron chi connectivity index (χ4n) is 2.28. The molecule has 5 heteroatoms. The zero-order valence-corrected chi connectivity index (χ0v) is 12.7. The van der Waals surface area contributed by atoms with Gasteiger partial charge < -0.3 is 15.0 Å². The highest BCUT2D eigenvalue weighted by Gasteiger charge is 2.21. The van der Waals surface area contributed by atoms with E-state index in [1.807, 2.05) is 22.7 Å². The Labute approximate surface area is 124 Å². The van der Waals surface area contributed by atoms with E-state index in [0.717, 1.165) is 25.3 Å². The summed E-state index contributed by atoms with van der Waals surface area (Å²) in [5.41, 5.74) is 1.36. The minimum Gasteiger partial charge on any atom is -0.383 e. The number of amides is 2. The highest BCUT2D eigenvalue weighted by molar-refractivity contribution is 7.99. The van der Waals surface area contributed by atoms with E-state index in [9.17, 15) is 4.79 Å². The number of methoxy groups -OCH3 is 1. The van der Waals surface area contributed by atoms with Crippen molar-refractivity contribution in [1.29, 1.82) is 0 Å². The third kappa shape index (κ3) is 4.42. The highest BCUT2D eigenvalue weighted by Crippen LogP contribution is 2.33. The molecule has 0 bridgehead atoms. The second-order valence-corrected chi connectivity index (χ2v) is 6.08. The number of benzene rings is 1. The van der Waals surface area contributed by atoms with Gasteiger partial charge in [0.2, 0.25) is 0 Å². The highest BCUT2D eigenvalue weighted by atomic mass is 32.2. The van der Waals surface area contributed by atoms with E-state index in [2.05, 4.69) is 29.6 Å². The van der Waals surface area contributed by atoms with Gasteiger partial charge in [-0.25, -0.2) is 4.79 Å². The zero-order valence-electron chi connectivity index (χ0n) is 11.9. The van der Waals surface area contributed by atoms with Gasteiger partial charge in [-0.05, 0) is 12.0 Å². The first-order chi connectivity index (χ1) is 9.81. The Hall–Kier alpha value is -1.20. The molecule has 1 heterocycles. The van der Waals surface area contributed by atoms with Crippen LogP contribution < -0.4 is 5.32 Å². The summed E-state index contributed by atoms with van der Waals surface area (Å²) in [4.78, 5) is 13.9. The fourth-order valence-corrected chi connectivity index (χ4v) is 3.51. The average molecular weight is 294 g/mol. The molecule has 1 aliphatic heterocycles. The van der Waals surface area contributed by atoms with Crippen LogP contribution in [0.25, 0.3) is 0 Å². The van der Waals surface area contributed by atoms with E-state index < -0.39 is 0 Å². The molecule has 4 nitrogen and oxygen atoms in total. The summed E-state index contributed by atoms with van der Waals surface area (Å²) < 4.78 is 4.94. The molecule has 0 aliphatic carbocycles. The Balaban J connectivity index is 1.84. The Morgan fingerprint density at radius 2 is 2.20 bits per heavy atom. The Kier molecular flexibility index (Phi) is 6.21. The lowest BCUT2D eigenvalue weighted by atomic mass is 10.1. The standard InChI is InChI=1S/C15H22N2O2S/c1-19-11-8-16-15(18)17-9-7-14(20-12-10-17)13-5-3-2-4-6-13/h2-6,14H,7-12H2,1H3,(H,16,18)/t14-/m1/s1. The third-order valence-electron chi connectivity index (χ3n) is 3.38. The van der Waals surface area contributed by atoms with Gasteiger partial charge in [0.1, 0.15) is 0 Å². The summed E-state index contributed by atoms with van der Waals surface area (Å²) in [6.07, 6.45) is 1.01. The molecular weight excluding hydrogens is 272 g/mol. The van der Waals surface area contributed by atoms with Gasteiger partial charge in [-0.15, -0.1) is 0 Å². The smallest absolute Gasteiger partial charge is 0.317 e. The molecule has 1 fully saturated rings. The monoisotopic (exact) mass is 294 g/mol. The third-order valence-corrected chi connectivity index (χ3v) is 4.71. The molecule has 0 saturated carbocycles. The Bertz CT molecular complexity index is 414. The van der Waals surface area contributed by atoms with Crippen molar-refractivity contribution in [2.75, 3.05) is 39.1 Å². The van der Waals surface area contributed by atoms with Gasteiger partial charge >= 0.3 is 6.03 Å². The summed E-state index contributed by atoms with van der Waals surface area (Å²) in [6.45, 7) is 2.75. The van der Waals surface area contributed by atoms with Crippen molar-refractivity contribution in [2.24, 2.45) is 0 Å². The summed E-state index contributed by atoms with van der Waals surface area (Å²) in [5, 5.41) is 3.38. The number of hydrogen-bond donors (Lipinski definition) is 1. The van der Waals surface area contributed by atoms with Gasteiger partial charge in [0.25, 0.3) is 0 Å². The molecule has 0 aromatic heterocycles. The first-order valence-electron chi connectivity index (χ1n) is 6.99. The first kappa shape index (κ1) is 15.2. The molecule has 1 aromatic carbocycles.